The molecule has 112 valence electrons. The van der Waals surface area contributed by atoms with Gasteiger partial charge in [0.1, 0.15) is 0 Å². The molecule has 1 unspecified atom stereocenters. The fraction of sp³-hybridized carbons (Fsp3) is 0.474. The molecule has 2 rings (SSSR count). The molecule has 0 fully saturated rings. The van der Waals surface area contributed by atoms with Crippen molar-refractivity contribution >= 4 is 16.7 Å². The molecular weight excluding hydrogens is 258 g/mol. The predicted molar refractivity (Wildman–Crippen MR) is 88.7 cm³/mol. The van der Waals surface area contributed by atoms with E-state index >= 15 is 0 Å². The van der Waals surface area contributed by atoms with Gasteiger partial charge in [-0.1, -0.05) is 33.8 Å². The smallest absolute Gasteiger partial charge is 0.163 e. The van der Waals surface area contributed by atoms with Gasteiger partial charge in [0.25, 0.3) is 0 Å². The quantitative estimate of drug-likeness (QED) is 0.723. The SMILES string of the molecule is Cc1ccc2cc(C(=O)CC(C)CC(C)(C)C)ccc2n1. The van der Waals surface area contributed by atoms with Crippen LogP contribution < -0.4 is 0 Å². The second-order valence-electron chi connectivity index (χ2n) is 7.36. The molecule has 0 amide bonds. The van der Waals surface area contributed by atoms with Crippen molar-refractivity contribution in [2.75, 3.05) is 0 Å². The molecule has 0 spiro atoms. The van der Waals surface area contributed by atoms with E-state index in [9.17, 15) is 4.79 Å². The Balaban J connectivity index is 2.14. The van der Waals surface area contributed by atoms with Crippen LogP contribution in [0.2, 0.25) is 0 Å². The predicted octanol–water partition coefficient (Wildman–Crippen LogP) is 5.19. The maximum absolute atomic E-state index is 12.4. The van der Waals surface area contributed by atoms with Gasteiger partial charge in [-0.2, -0.15) is 0 Å². The van der Waals surface area contributed by atoms with Gasteiger partial charge in [0, 0.05) is 23.1 Å². The van der Waals surface area contributed by atoms with E-state index in [1.54, 1.807) is 0 Å². The molecule has 1 heterocycles. The average molecular weight is 283 g/mol. The number of fused-ring (bicyclic) bond motifs is 1. The van der Waals surface area contributed by atoms with E-state index in [1.807, 2.05) is 37.3 Å². The Bertz CT molecular complexity index is 652. The fourth-order valence-corrected chi connectivity index (χ4v) is 2.95. The van der Waals surface area contributed by atoms with Gasteiger partial charge in [0.2, 0.25) is 0 Å². The summed E-state index contributed by atoms with van der Waals surface area (Å²) in [5, 5.41) is 1.04. The minimum absolute atomic E-state index is 0.231. The van der Waals surface area contributed by atoms with Crippen molar-refractivity contribution < 1.29 is 4.79 Å². The van der Waals surface area contributed by atoms with Crippen LogP contribution in [0.25, 0.3) is 10.9 Å². The highest BCUT2D eigenvalue weighted by Crippen LogP contribution is 2.27. The number of carbonyl (C=O) groups excluding carboxylic acids is 1. The van der Waals surface area contributed by atoms with Crippen LogP contribution in [0.3, 0.4) is 0 Å². The number of benzene rings is 1. The third-order valence-corrected chi connectivity index (χ3v) is 3.65. The zero-order chi connectivity index (χ0) is 15.6. The summed E-state index contributed by atoms with van der Waals surface area (Å²) in [6, 6.07) is 9.84. The number of aryl methyl sites for hydroxylation is 1. The lowest BCUT2D eigenvalue weighted by molar-refractivity contribution is 0.0954. The van der Waals surface area contributed by atoms with Gasteiger partial charge in [0.15, 0.2) is 5.78 Å². The highest BCUT2D eigenvalue weighted by Gasteiger charge is 2.18. The van der Waals surface area contributed by atoms with Gasteiger partial charge in [-0.05, 0) is 48.9 Å². The minimum atomic E-state index is 0.231. The number of hydrogen-bond donors (Lipinski definition) is 0. The van der Waals surface area contributed by atoms with Gasteiger partial charge >= 0.3 is 0 Å². The molecular formula is C19H25NO. The molecule has 0 aliphatic carbocycles. The molecule has 2 nitrogen and oxygen atoms in total. The maximum Gasteiger partial charge on any atom is 0.163 e. The molecule has 2 aromatic rings. The molecule has 0 saturated heterocycles. The lowest BCUT2D eigenvalue weighted by Gasteiger charge is -2.22. The zero-order valence-electron chi connectivity index (χ0n) is 13.7. The summed E-state index contributed by atoms with van der Waals surface area (Å²) in [6.45, 7) is 10.8. The monoisotopic (exact) mass is 283 g/mol. The zero-order valence-corrected chi connectivity index (χ0v) is 13.7. The molecule has 0 bridgehead atoms. The van der Waals surface area contributed by atoms with Crippen LogP contribution in [0.15, 0.2) is 30.3 Å². The fourth-order valence-electron chi connectivity index (χ4n) is 2.95. The average Bonchev–Trinajstić information content (AvgIpc) is 2.35. The number of hydrogen-bond acceptors (Lipinski definition) is 2. The molecule has 1 aromatic heterocycles. The lowest BCUT2D eigenvalue weighted by Crippen LogP contribution is -2.14. The lowest BCUT2D eigenvalue weighted by atomic mass is 9.83. The van der Waals surface area contributed by atoms with E-state index in [-0.39, 0.29) is 11.2 Å². The van der Waals surface area contributed by atoms with E-state index in [4.69, 9.17) is 0 Å². The first-order valence-corrected chi connectivity index (χ1v) is 7.65. The third-order valence-electron chi connectivity index (χ3n) is 3.65. The standard InChI is InChI=1S/C19H25NO/c1-13(12-19(3,4)5)10-18(21)16-8-9-17-15(11-16)7-6-14(2)20-17/h6-9,11,13H,10,12H2,1-5H3. The second kappa shape index (κ2) is 5.97. The molecule has 2 heteroatoms. The number of aromatic nitrogens is 1. The van der Waals surface area contributed by atoms with Crippen molar-refractivity contribution in [3.05, 3.63) is 41.6 Å². The van der Waals surface area contributed by atoms with Gasteiger partial charge in [-0.25, -0.2) is 0 Å². The Hall–Kier alpha value is -1.70. The van der Waals surface area contributed by atoms with Crippen molar-refractivity contribution in [3.63, 3.8) is 0 Å². The summed E-state index contributed by atoms with van der Waals surface area (Å²) in [5.41, 5.74) is 3.02. The molecule has 1 aromatic carbocycles. The highest BCUT2D eigenvalue weighted by atomic mass is 16.1. The van der Waals surface area contributed by atoms with Gasteiger partial charge in [-0.15, -0.1) is 0 Å². The van der Waals surface area contributed by atoms with E-state index in [0.717, 1.165) is 28.6 Å². The van der Waals surface area contributed by atoms with Crippen LogP contribution in [0.5, 0.6) is 0 Å². The Kier molecular flexibility index (Phi) is 4.46. The summed E-state index contributed by atoms with van der Waals surface area (Å²) in [6.07, 6.45) is 1.68. The Morgan fingerprint density at radius 1 is 1.19 bits per heavy atom. The van der Waals surface area contributed by atoms with Gasteiger partial charge in [-0.3, -0.25) is 9.78 Å². The van der Waals surface area contributed by atoms with E-state index in [0.29, 0.717) is 12.3 Å². The molecule has 0 N–H and O–H groups in total. The van der Waals surface area contributed by atoms with Gasteiger partial charge < -0.3 is 0 Å². The largest absolute Gasteiger partial charge is 0.294 e. The Morgan fingerprint density at radius 3 is 2.57 bits per heavy atom. The summed E-state index contributed by atoms with van der Waals surface area (Å²) >= 11 is 0. The second-order valence-corrected chi connectivity index (χ2v) is 7.36. The normalized spacial score (nSPS) is 13.4. The van der Waals surface area contributed by atoms with E-state index < -0.39 is 0 Å². The number of Topliss-reactive ketones (excluding diaryl/α,β-unsaturated/α-hetero) is 1. The Labute approximate surface area is 127 Å². The minimum Gasteiger partial charge on any atom is -0.294 e. The maximum atomic E-state index is 12.4. The molecule has 1 atom stereocenters. The molecule has 0 radical (unpaired) electrons. The first-order chi connectivity index (χ1) is 9.74. The molecule has 21 heavy (non-hydrogen) atoms. The molecule has 0 aliphatic rings. The van der Waals surface area contributed by atoms with Crippen molar-refractivity contribution in [1.29, 1.82) is 0 Å². The summed E-state index contributed by atoms with van der Waals surface area (Å²) in [5.74, 6) is 0.638. The molecule has 0 saturated carbocycles. The number of carbonyl (C=O) groups is 1. The number of pyridine rings is 1. The van der Waals surface area contributed by atoms with Crippen molar-refractivity contribution in [2.24, 2.45) is 11.3 Å². The van der Waals surface area contributed by atoms with Crippen LogP contribution in [0.4, 0.5) is 0 Å². The van der Waals surface area contributed by atoms with Crippen molar-refractivity contribution in [2.45, 2.75) is 47.5 Å². The van der Waals surface area contributed by atoms with Gasteiger partial charge in [0.05, 0.1) is 5.52 Å². The summed E-state index contributed by atoms with van der Waals surface area (Å²) in [4.78, 5) is 16.9. The first kappa shape index (κ1) is 15.7. The van der Waals surface area contributed by atoms with Crippen LogP contribution in [-0.4, -0.2) is 10.8 Å². The Morgan fingerprint density at radius 2 is 1.90 bits per heavy atom. The van der Waals surface area contributed by atoms with Crippen LogP contribution in [0, 0.1) is 18.3 Å². The summed E-state index contributed by atoms with van der Waals surface area (Å²) in [7, 11) is 0. The summed E-state index contributed by atoms with van der Waals surface area (Å²) < 4.78 is 0. The number of rotatable bonds is 4. The topological polar surface area (TPSA) is 30.0 Å². The van der Waals surface area contributed by atoms with Crippen LogP contribution >= 0.6 is 0 Å². The first-order valence-electron chi connectivity index (χ1n) is 7.65. The van der Waals surface area contributed by atoms with Crippen LogP contribution in [-0.2, 0) is 0 Å². The van der Waals surface area contributed by atoms with Crippen LogP contribution in [0.1, 0.15) is 56.6 Å². The molecule has 0 aliphatic heterocycles. The number of ketones is 1. The van der Waals surface area contributed by atoms with Crippen molar-refractivity contribution in [1.82, 2.24) is 4.98 Å². The van der Waals surface area contributed by atoms with E-state index in [2.05, 4.69) is 32.7 Å². The van der Waals surface area contributed by atoms with E-state index in [1.165, 1.54) is 0 Å². The number of nitrogens with zero attached hydrogens (tertiary/aromatic N) is 1. The third kappa shape index (κ3) is 4.38. The van der Waals surface area contributed by atoms with Crippen molar-refractivity contribution in [3.8, 4) is 0 Å². The highest BCUT2D eigenvalue weighted by molar-refractivity contribution is 5.99.